The summed E-state index contributed by atoms with van der Waals surface area (Å²) in [5.74, 6) is 0.395. The van der Waals surface area contributed by atoms with Crippen molar-refractivity contribution in [3.8, 4) is 0 Å². The average molecular weight is 417 g/mol. The first-order valence-electron chi connectivity index (χ1n) is 9.29. The zero-order chi connectivity index (χ0) is 20.1. The van der Waals surface area contributed by atoms with E-state index in [1.54, 1.807) is 11.8 Å². The van der Waals surface area contributed by atoms with Gasteiger partial charge in [0.25, 0.3) is 0 Å². The van der Waals surface area contributed by atoms with Crippen LogP contribution in [-0.2, 0) is 6.54 Å². The van der Waals surface area contributed by atoms with Crippen LogP contribution in [0.15, 0.2) is 40.7 Å². The predicted molar refractivity (Wildman–Crippen MR) is 118 cm³/mol. The molecule has 1 aromatic carbocycles. The number of aryl methyl sites for hydroxylation is 1. The van der Waals surface area contributed by atoms with Gasteiger partial charge in [0.15, 0.2) is 22.1 Å². The second-order valence-corrected chi connectivity index (χ2v) is 8.24. The fourth-order valence-corrected chi connectivity index (χ4v) is 4.20. The molecule has 0 unspecified atom stereocenters. The smallest absolute Gasteiger partial charge is 0.175 e. The molecule has 3 N–H and O–H groups in total. The van der Waals surface area contributed by atoms with Gasteiger partial charge in [0.05, 0.1) is 0 Å². The van der Waals surface area contributed by atoms with E-state index < -0.39 is 0 Å². The SMILES string of the molecule is C/C=C/c1cc(Cl)cc(Sc2nc3c(N)ncnc3n2CCCNC(C)C)c1. The molecule has 0 saturated carbocycles. The van der Waals surface area contributed by atoms with Crippen LogP contribution >= 0.6 is 23.4 Å². The number of benzene rings is 1. The number of rotatable bonds is 8. The van der Waals surface area contributed by atoms with Gasteiger partial charge in [-0.05, 0) is 43.7 Å². The quantitative estimate of drug-likeness (QED) is 0.521. The van der Waals surface area contributed by atoms with Crippen LogP contribution in [0, 0.1) is 0 Å². The zero-order valence-electron chi connectivity index (χ0n) is 16.3. The molecule has 0 radical (unpaired) electrons. The highest BCUT2D eigenvalue weighted by Gasteiger charge is 2.16. The van der Waals surface area contributed by atoms with Crippen molar-refractivity contribution in [2.24, 2.45) is 0 Å². The molecule has 3 rings (SSSR count). The third-order valence-electron chi connectivity index (χ3n) is 4.10. The molecule has 0 bridgehead atoms. The summed E-state index contributed by atoms with van der Waals surface area (Å²) >= 11 is 7.86. The lowest BCUT2D eigenvalue weighted by Crippen LogP contribution is -2.24. The van der Waals surface area contributed by atoms with Gasteiger partial charge in [0, 0.05) is 22.5 Å². The Hall–Kier alpha value is -2.09. The van der Waals surface area contributed by atoms with Gasteiger partial charge in [-0.25, -0.2) is 15.0 Å². The second kappa shape index (κ2) is 9.41. The maximum Gasteiger partial charge on any atom is 0.175 e. The molecule has 0 aliphatic heterocycles. The number of nitrogens with zero attached hydrogens (tertiary/aromatic N) is 4. The number of hydrogen-bond acceptors (Lipinski definition) is 6. The van der Waals surface area contributed by atoms with E-state index in [4.69, 9.17) is 22.3 Å². The zero-order valence-corrected chi connectivity index (χ0v) is 17.9. The van der Waals surface area contributed by atoms with Crippen molar-refractivity contribution < 1.29 is 0 Å². The number of nitrogen functional groups attached to an aromatic ring is 1. The van der Waals surface area contributed by atoms with E-state index in [0.717, 1.165) is 40.8 Å². The number of aromatic nitrogens is 4. The Bertz CT molecular complexity index is 982. The topological polar surface area (TPSA) is 81.7 Å². The molecule has 6 nitrogen and oxygen atoms in total. The molecule has 2 heterocycles. The third-order valence-corrected chi connectivity index (χ3v) is 5.28. The van der Waals surface area contributed by atoms with Gasteiger partial charge in [-0.2, -0.15) is 0 Å². The number of nitrogens with one attached hydrogen (secondary N) is 1. The first-order chi connectivity index (χ1) is 13.5. The van der Waals surface area contributed by atoms with Crippen LogP contribution in [0.2, 0.25) is 5.02 Å². The molecular formula is C20H25ClN6S. The summed E-state index contributed by atoms with van der Waals surface area (Å²) in [6, 6.07) is 6.44. The van der Waals surface area contributed by atoms with Crippen molar-refractivity contribution >= 4 is 46.4 Å². The Morgan fingerprint density at radius 1 is 1.29 bits per heavy atom. The molecular weight excluding hydrogens is 392 g/mol. The van der Waals surface area contributed by atoms with Crippen LogP contribution in [0.1, 0.15) is 32.8 Å². The Labute approximate surface area is 174 Å². The monoisotopic (exact) mass is 416 g/mol. The fraction of sp³-hybridized carbons (Fsp3) is 0.350. The maximum absolute atomic E-state index is 6.30. The highest BCUT2D eigenvalue weighted by atomic mass is 35.5. The molecule has 148 valence electrons. The lowest BCUT2D eigenvalue weighted by molar-refractivity contribution is 0.525. The Morgan fingerprint density at radius 2 is 2.11 bits per heavy atom. The van der Waals surface area contributed by atoms with Gasteiger partial charge < -0.3 is 15.6 Å². The molecule has 0 atom stereocenters. The van der Waals surface area contributed by atoms with E-state index in [1.807, 2.05) is 31.2 Å². The van der Waals surface area contributed by atoms with E-state index in [9.17, 15) is 0 Å². The average Bonchev–Trinajstić information content (AvgIpc) is 2.97. The summed E-state index contributed by atoms with van der Waals surface area (Å²) in [5, 5.41) is 4.97. The van der Waals surface area contributed by atoms with Gasteiger partial charge in [-0.15, -0.1) is 0 Å². The van der Waals surface area contributed by atoms with Crippen molar-refractivity contribution in [3.63, 3.8) is 0 Å². The summed E-state index contributed by atoms with van der Waals surface area (Å²) in [5.41, 5.74) is 8.49. The molecule has 3 aromatic rings. The standard InChI is InChI=1S/C20H25ClN6S/c1-4-6-14-9-15(21)11-16(10-14)28-20-26-17-18(22)24-12-25-19(17)27(20)8-5-7-23-13(2)3/h4,6,9-13,23H,5,7-8H2,1-3H3,(H2,22,24,25)/b6-4+. The van der Waals surface area contributed by atoms with Crippen LogP contribution in [0.4, 0.5) is 5.82 Å². The first-order valence-corrected chi connectivity index (χ1v) is 10.5. The largest absolute Gasteiger partial charge is 0.382 e. The Morgan fingerprint density at radius 3 is 2.86 bits per heavy atom. The van der Waals surface area contributed by atoms with Crippen molar-refractivity contribution in [1.82, 2.24) is 24.8 Å². The number of halogens is 1. The number of hydrogen-bond donors (Lipinski definition) is 2. The number of nitrogens with two attached hydrogens (primary N) is 1. The fourth-order valence-electron chi connectivity index (χ4n) is 2.88. The first kappa shape index (κ1) is 20.6. The minimum absolute atomic E-state index is 0.395. The highest BCUT2D eigenvalue weighted by Crippen LogP contribution is 2.33. The second-order valence-electron chi connectivity index (χ2n) is 6.76. The lowest BCUT2D eigenvalue weighted by atomic mass is 10.2. The number of fused-ring (bicyclic) bond motifs is 1. The van der Waals surface area contributed by atoms with Crippen LogP contribution in [0.3, 0.4) is 0 Å². The number of imidazole rings is 1. The maximum atomic E-state index is 6.30. The molecule has 0 fully saturated rings. The van der Waals surface area contributed by atoms with Gasteiger partial charge in [0.1, 0.15) is 6.33 Å². The van der Waals surface area contributed by atoms with Gasteiger partial charge in [0.2, 0.25) is 0 Å². The molecule has 0 saturated heterocycles. The number of anilines is 1. The van der Waals surface area contributed by atoms with Gasteiger partial charge >= 0.3 is 0 Å². The molecule has 28 heavy (non-hydrogen) atoms. The molecule has 0 aliphatic carbocycles. The molecule has 2 aromatic heterocycles. The van der Waals surface area contributed by atoms with Crippen LogP contribution in [-0.4, -0.2) is 32.1 Å². The van der Waals surface area contributed by atoms with Crippen molar-refractivity contribution in [1.29, 1.82) is 0 Å². The van der Waals surface area contributed by atoms with Gasteiger partial charge in [-0.3, -0.25) is 0 Å². The molecule has 0 amide bonds. The molecule has 0 spiro atoms. The highest BCUT2D eigenvalue weighted by molar-refractivity contribution is 7.99. The van der Waals surface area contributed by atoms with Crippen molar-refractivity contribution in [3.05, 3.63) is 41.2 Å². The van der Waals surface area contributed by atoms with Gasteiger partial charge in [-0.1, -0.05) is 49.4 Å². The molecule has 0 aliphatic rings. The summed E-state index contributed by atoms with van der Waals surface area (Å²) < 4.78 is 2.11. The summed E-state index contributed by atoms with van der Waals surface area (Å²) in [7, 11) is 0. The van der Waals surface area contributed by atoms with Crippen molar-refractivity contribution in [2.75, 3.05) is 12.3 Å². The van der Waals surface area contributed by atoms with Crippen LogP contribution in [0.5, 0.6) is 0 Å². The van der Waals surface area contributed by atoms with E-state index >= 15 is 0 Å². The third kappa shape index (κ3) is 5.04. The van der Waals surface area contributed by atoms with E-state index in [-0.39, 0.29) is 0 Å². The van der Waals surface area contributed by atoms with Crippen LogP contribution < -0.4 is 11.1 Å². The normalized spacial score (nSPS) is 11.9. The minimum atomic E-state index is 0.395. The summed E-state index contributed by atoms with van der Waals surface area (Å²) in [6.07, 6.45) is 6.47. The Kier molecular flexibility index (Phi) is 6.93. The van der Waals surface area contributed by atoms with E-state index in [0.29, 0.717) is 22.4 Å². The predicted octanol–water partition coefficient (Wildman–Crippen LogP) is 4.63. The Balaban J connectivity index is 1.93. The van der Waals surface area contributed by atoms with E-state index in [1.165, 1.54) is 6.33 Å². The summed E-state index contributed by atoms with van der Waals surface area (Å²) in [6.45, 7) is 7.98. The van der Waals surface area contributed by atoms with Crippen LogP contribution in [0.25, 0.3) is 17.2 Å². The molecule has 8 heteroatoms. The lowest BCUT2D eigenvalue weighted by Gasteiger charge is -2.11. The number of allylic oxidation sites excluding steroid dienone is 1. The van der Waals surface area contributed by atoms with E-state index in [2.05, 4.69) is 39.8 Å². The summed E-state index contributed by atoms with van der Waals surface area (Å²) in [4.78, 5) is 14.2. The minimum Gasteiger partial charge on any atom is -0.382 e. The van der Waals surface area contributed by atoms with Crippen molar-refractivity contribution in [2.45, 2.75) is 49.8 Å².